The Morgan fingerprint density at radius 3 is 2.63 bits per heavy atom. The van der Waals surface area contributed by atoms with Crippen molar-refractivity contribution in [2.75, 3.05) is 33.4 Å². The number of nitrogens with two attached hydrogens (primary N) is 1. The molecular formula is C13H25N3O3. The van der Waals surface area contributed by atoms with Gasteiger partial charge in [0.2, 0.25) is 11.8 Å². The SMILES string of the molecule is COCCCC(N)C(=O)NCC(=O)N1CCCCC1. The molecule has 0 aromatic rings. The molecule has 6 heteroatoms. The summed E-state index contributed by atoms with van der Waals surface area (Å²) >= 11 is 0. The molecule has 3 N–H and O–H groups in total. The van der Waals surface area contributed by atoms with E-state index in [4.69, 9.17) is 10.5 Å². The number of carbonyl (C=O) groups is 2. The van der Waals surface area contributed by atoms with Crippen LogP contribution in [0.2, 0.25) is 0 Å². The first-order valence-electron chi connectivity index (χ1n) is 6.95. The fourth-order valence-electron chi connectivity index (χ4n) is 2.13. The van der Waals surface area contributed by atoms with E-state index in [9.17, 15) is 9.59 Å². The third-order valence-electron chi connectivity index (χ3n) is 3.32. The van der Waals surface area contributed by atoms with Gasteiger partial charge in [0.05, 0.1) is 12.6 Å². The smallest absolute Gasteiger partial charge is 0.241 e. The van der Waals surface area contributed by atoms with Gasteiger partial charge in [-0.15, -0.1) is 0 Å². The first-order chi connectivity index (χ1) is 9.15. The van der Waals surface area contributed by atoms with Crippen LogP contribution in [0.4, 0.5) is 0 Å². The molecule has 0 aromatic carbocycles. The van der Waals surface area contributed by atoms with Gasteiger partial charge in [-0.3, -0.25) is 9.59 Å². The van der Waals surface area contributed by atoms with Gasteiger partial charge in [-0.25, -0.2) is 0 Å². The van der Waals surface area contributed by atoms with E-state index < -0.39 is 6.04 Å². The maximum Gasteiger partial charge on any atom is 0.241 e. The van der Waals surface area contributed by atoms with E-state index in [-0.39, 0.29) is 18.4 Å². The molecule has 1 aliphatic rings. The Morgan fingerprint density at radius 2 is 2.00 bits per heavy atom. The lowest BCUT2D eigenvalue weighted by Crippen LogP contribution is -2.47. The van der Waals surface area contributed by atoms with Crippen LogP contribution in [0.5, 0.6) is 0 Å². The van der Waals surface area contributed by atoms with E-state index >= 15 is 0 Å². The van der Waals surface area contributed by atoms with Crippen LogP contribution < -0.4 is 11.1 Å². The van der Waals surface area contributed by atoms with Gasteiger partial charge in [0, 0.05) is 26.8 Å². The molecule has 1 aliphatic heterocycles. The molecule has 1 heterocycles. The van der Waals surface area contributed by atoms with Crippen molar-refractivity contribution in [3.05, 3.63) is 0 Å². The largest absolute Gasteiger partial charge is 0.385 e. The number of likely N-dealkylation sites (tertiary alicyclic amines) is 1. The van der Waals surface area contributed by atoms with Crippen molar-refractivity contribution in [3.63, 3.8) is 0 Å². The number of hydrogen-bond donors (Lipinski definition) is 2. The van der Waals surface area contributed by atoms with Gasteiger partial charge >= 0.3 is 0 Å². The summed E-state index contributed by atoms with van der Waals surface area (Å²) in [5.74, 6) is -0.279. The Labute approximate surface area is 114 Å². The van der Waals surface area contributed by atoms with Crippen LogP contribution in [-0.2, 0) is 14.3 Å². The van der Waals surface area contributed by atoms with Gasteiger partial charge in [-0.1, -0.05) is 0 Å². The summed E-state index contributed by atoms with van der Waals surface area (Å²) in [6.45, 7) is 2.24. The molecule has 0 spiro atoms. The Hall–Kier alpha value is -1.14. The van der Waals surface area contributed by atoms with E-state index in [1.54, 1.807) is 12.0 Å². The van der Waals surface area contributed by atoms with Crippen LogP contribution in [0.25, 0.3) is 0 Å². The number of hydrogen-bond acceptors (Lipinski definition) is 4. The monoisotopic (exact) mass is 271 g/mol. The van der Waals surface area contributed by atoms with E-state index in [1.807, 2.05) is 0 Å². The number of piperidine rings is 1. The van der Waals surface area contributed by atoms with Crippen LogP contribution in [0, 0.1) is 0 Å². The summed E-state index contributed by atoms with van der Waals surface area (Å²) in [5.41, 5.74) is 5.73. The van der Waals surface area contributed by atoms with Crippen LogP contribution in [0.3, 0.4) is 0 Å². The predicted molar refractivity (Wildman–Crippen MR) is 72.5 cm³/mol. The third kappa shape index (κ3) is 6.02. The Kier molecular flexibility index (Phi) is 7.43. The molecule has 1 fully saturated rings. The average molecular weight is 271 g/mol. The van der Waals surface area contributed by atoms with Crippen molar-refractivity contribution < 1.29 is 14.3 Å². The summed E-state index contributed by atoms with van der Waals surface area (Å²) in [6, 6.07) is -0.565. The third-order valence-corrected chi connectivity index (χ3v) is 3.32. The maximum absolute atomic E-state index is 11.8. The van der Waals surface area contributed by atoms with E-state index in [1.165, 1.54) is 6.42 Å². The summed E-state index contributed by atoms with van der Waals surface area (Å²) in [7, 11) is 1.61. The molecule has 0 aromatic heterocycles. The number of methoxy groups -OCH3 is 1. The highest BCUT2D eigenvalue weighted by Gasteiger charge is 2.18. The molecule has 1 rings (SSSR count). The molecule has 2 amide bonds. The zero-order chi connectivity index (χ0) is 14.1. The van der Waals surface area contributed by atoms with Gasteiger partial charge in [-0.05, 0) is 32.1 Å². The van der Waals surface area contributed by atoms with Crippen LogP contribution >= 0.6 is 0 Å². The minimum Gasteiger partial charge on any atom is -0.385 e. The van der Waals surface area contributed by atoms with E-state index in [2.05, 4.69) is 5.32 Å². The van der Waals surface area contributed by atoms with Crippen molar-refractivity contribution in [1.29, 1.82) is 0 Å². The van der Waals surface area contributed by atoms with Crippen molar-refractivity contribution in [2.24, 2.45) is 5.73 Å². The first kappa shape index (κ1) is 15.9. The summed E-state index contributed by atoms with van der Waals surface area (Å²) in [5, 5.41) is 2.61. The van der Waals surface area contributed by atoms with Gasteiger partial charge in [0.1, 0.15) is 0 Å². The predicted octanol–water partition coefficient (Wildman–Crippen LogP) is -0.131. The number of rotatable bonds is 7. The lowest BCUT2D eigenvalue weighted by Gasteiger charge is -2.27. The standard InChI is InChI=1S/C13H25N3O3/c1-19-9-5-6-11(14)13(18)15-10-12(17)16-7-3-2-4-8-16/h11H,2-10,14H2,1H3,(H,15,18). The fraction of sp³-hybridized carbons (Fsp3) is 0.846. The zero-order valence-corrected chi connectivity index (χ0v) is 11.7. The highest BCUT2D eigenvalue weighted by molar-refractivity contribution is 5.87. The van der Waals surface area contributed by atoms with E-state index in [0.717, 1.165) is 32.4 Å². The molecule has 0 bridgehead atoms. The number of ether oxygens (including phenoxy) is 1. The zero-order valence-electron chi connectivity index (χ0n) is 11.7. The highest BCUT2D eigenvalue weighted by atomic mass is 16.5. The van der Waals surface area contributed by atoms with Gasteiger partial charge in [0.25, 0.3) is 0 Å². The van der Waals surface area contributed by atoms with Gasteiger partial charge < -0.3 is 20.7 Å². The first-order valence-corrected chi connectivity index (χ1v) is 6.95. The molecular weight excluding hydrogens is 246 g/mol. The van der Waals surface area contributed by atoms with Gasteiger partial charge in [0.15, 0.2) is 0 Å². The lowest BCUT2D eigenvalue weighted by molar-refractivity contribution is -0.133. The summed E-state index contributed by atoms with van der Waals surface area (Å²) < 4.78 is 4.90. The van der Waals surface area contributed by atoms with Crippen molar-refractivity contribution in [2.45, 2.75) is 38.1 Å². The minimum atomic E-state index is -0.565. The molecule has 6 nitrogen and oxygen atoms in total. The highest BCUT2D eigenvalue weighted by Crippen LogP contribution is 2.08. The molecule has 19 heavy (non-hydrogen) atoms. The molecule has 1 unspecified atom stereocenters. The van der Waals surface area contributed by atoms with Crippen molar-refractivity contribution in [3.8, 4) is 0 Å². The second kappa shape index (κ2) is 8.87. The molecule has 0 radical (unpaired) electrons. The number of nitrogens with one attached hydrogen (secondary N) is 1. The Morgan fingerprint density at radius 1 is 1.32 bits per heavy atom. The van der Waals surface area contributed by atoms with Gasteiger partial charge in [-0.2, -0.15) is 0 Å². The van der Waals surface area contributed by atoms with Crippen molar-refractivity contribution in [1.82, 2.24) is 10.2 Å². The number of carbonyl (C=O) groups excluding carboxylic acids is 2. The maximum atomic E-state index is 11.8. The van der Waals surface area contributed by atoms with Crippen molar-refractivity contribution >= 4 is 11.8 Å². The molecule has 110 valence electrons. The molecule has 1 saturated heterocycles. The fourth-order valence-corrected chi connectivity index (χ4v) is 2.13. The lowest BCUT2D eigenvalue weighted by atomic mass is 10.1. The molecule has 0 saturated carbocycles. The number of amides is 2. The number of nitrogens with zero attached hydrogens (tertiary/aromatic N) is 1. The normalized spacial score (nSPS) is 17.1. The summed E-state index contributed by atoms with van der Waals surface area (Å²) in [6.07, 6.45) is 4.59. The van der Waals surface area contributed by atoms with Crippen LogP contribution in [0.15, 0.2) is 0 Å². The minimum absolute atomic E-state index is 0.0165. The molecule has 0 aliphatic carbocycles. The Bertz CT molecular complexity index is 291. The summed E-state index contributed by atoms with van der Waals surface area (Å²) in [4.78, 5) is 25.3. The second-order valence-electron chi connectivity index (χ2n) is 4.90. The topological polar surface area (TPSA) is 84.7 Å². The Balaban J connectivity index is 2.19. The molecule has 1 atom stereocenters. The van der Waals surface area contributed by atoms with Crippen LogP contribution in [0.1, 0.15) is 32.1 Å². The van der Waals surface area contributed by atoms with E-state index in [0.29, 0.717) is 13.0 Å². The quantitative estimate of drug-likeness (QED) is 0.632. The van der Waals surface area contributed by atoms with Crippen LogP contribution in [-0.4, -0.2) is 56.1 Å². The second-order valence-corrected chi connectivity index (χ2v) is 4.90. The average Bonchev–Trinajstić information content (AvgIpc) is 2.45.